The van der Waals surface area contributed by atoms with Crippen LogP contribution < -0.4 is 9.46 Å². The zero-order valence-electron chi connectivity index (χ0n) is 13.1. The summed E-state index contributed by atoms with van der Waals surface area (Å²) in [7, 11) is -3.50. The lowest BCUT2D eigenvalue weighted by atomic mass is 10.3. The molecule has 124 valence electrons. The molecule has 1 aliphatic rings. The molecule has 1 aliphatic carbocycles. The van der Waals surface area contributed by atoms with Crippen LogP contribution in [0.25, 0.3) is 0 Å². The fourth-order valence-corrected chi connectivity index (χ4v) is 3.50. The highest BCUT2D eigenvalue weighted by Crippen LogP contribution is 2.38. The Kier molecular flexibility index (Phi) is 4.68. The molecule has 0 amide bonds. The van der Waals surface area contributed by atoms with Crippen LogP contribution in [0.4, 0.5) is 0 Å². The van der Waals surface area contributed by atoms with Gasteiger partial charge in [-0.3, -0.25) is 0 Å². The second kappa shape index (κ2) is 6.72. The van der Waals surface area contributed by atoms with Crippen LogP contribution in [-0.4, -0.2) is 31.1 Å². The first-order chi connectivity index (χ1) is 11.1. The van der Waals surface area contributed by atoms with Gasteiger partial charge >= 0.3 is 0 Å². The maximum atomic E-state index is 12.3. The lowest BCUT2D eigenvalue weighted by molar-refractivity contribution is 0.340. The lowest BCUT2D eigenvalue weighted by Gasteiger charge is -2.10. The van der Waals surface area contributed by atoms with E-state index in [1.54, 1.807) is 30.5 Å². The van der Waals surface area contributed by atoms with Crippen molar-refractivity contribution in [1.29, 1.82) is 0 Å². The molecule has 1 heterocycles. The third-order valence-corrected chi connectivity index (χ3v) is 5.26. The van der Waals surface area contributed by atoms with Crippen LogP contribution in [0, 0.1) is 0 Å². The quantitative estimate of drug-likeness (QED) is 0.802. The van der Waals surface area contributed by atoms with E-state index in [2.05, 4.69) is 9.71 Å². The summed E-state index contributed by atoms with van der Waals surface area (Å²) in [5.74, 6) is 2.27. The van der Waals surface area contributed by atoms with Gasteiger partial charge in [-0.25, -0.2) is 18.1 Å². The molecule has 0 bridgehead atoms. The SMILES string of the molecule is CCOc1ccc(S(=O)(=O)NCCn2ccnc2C2CC2)cc1. The molecule has 1 aromatic heterocycles. The summed E-state index contributed by atoms with van der Waals surface area (Å²) in [6, 6.07) is 6.44. The van der Waals surface area contributed by atoms with E-state index >= 15 is 0 Å². The number of nitrogens with one attached hydrogen (secondary N) is 1. The van der Waals surface area contributed by atoms with E-state index in [9.17, 15) is 8.42 Å². The molecular formula is C16H21N3O3S. The summed E-state index contributed by atoms with van der Waals surface area (Å²) in [6.07, 6.45) is 6.03. The van der Waals surface area contributed by atoms with E-state index in [-0.39, 0.29) is 4.90 Å². The van der Waals surface area contributed by atoms with Crippen molar-refractivity contribution in [1.82, 2.24) is 14.3 Å². The van der Waals surface area contributed by atoms with E-state index in [1.807, 2.05) is 17.7 Å². The Morgan fingerprint density at radius 3 is 2.70 bits per heavy atom. The molecule has 3 rings (SSSR count). The number of hydrogen-bond donors (Lipinski definition) is 1. The van der Waals surface area contributed by atoms with Crippen LogP contribution >= 0.6 is 0 Å². The third-order valence-electron chi connectivity index (χ3n) is 3.78. The lowest BCUT2D eigenvalue weighted by Crippen LogP contribution is -2.27. The Morgan fingerprint density at radius 2 is 2.04 bits per heavy atom. The van der Waals surface area contributed by atoms with Gasteiger partial charge in [-0.15, -0.1) is 0 Å². The van der Waals surface area contributed by atoms with Gasteiger partial charge in [0.05, 0.1) is 11.5 Å². The molecule has 0 aliphatic heterocycles. The number of hydrogen-bond acceptors (Lipinski definition) is 4. The first-order valence-electron chi connectivity index (χ1n) is 7.83. The first-order valence-corrected chi connectivity index (χ1v) is 9.32. The van der Waals surface area contributed by atoms with Crippen molar-refractivity contribution in [2.75, 3.05) is 13.2 Å². The normalized spacial score (nSPS) is 14.8. The Balaban J connectivity index is 1.58. The average molecular weight is 335 g/mol. The van der Waals surface area contributed by atoms with Gasteiger partial charge in [-0.2, -0.15) is 0 Å². The molecule has 0 unspecified atom stereocenters. The second-order valence-corrected chi connectivity index (χ2v) is 7.32. The summed E-state index contributed by atoms with van der Waals surface area (Å²) in [5, 5.41) is 0. The molecule has 6 nitrogen and oxygen atoms in total. The van der Waals surface area contributed by atoms with Crippen LogP contribution in [0.5, 0.6) is 5.75 Å². The van der Waals surface area contributed by atoms with E-state index in [0.717, 1.165) is 5.82 Å². The minimum atomic E-state index is -3.50. The number of rotatable bonds is 8. The van der Waals surface area contributed by atoms with Gasteiger partial charge in [0.15, 0.2) is 0 Å². The maximum Gasteiger partial charge on any atom is 0.240 e. The van der Waals surface area contributed by atoms with Gasteiger partial charge in [0, 0.05) is 31.4 Å². The molecule has 23 heavy (non-hydrogen) atoms. The van der Waals surface area contributed by atoms with Crippen molar-refractivity contribution < 1.29 is 13.2 Å². The van der Waals surface area contributed by atoms with Crippen LogP contribution in [0.1, 0.15) is 31.5 Å². The number of imidazole rings is 1. The number of ether oxygens (including phenoxy) is 1. The van der Waals surface area contributed by atoms with Crippen molar-refractivity contribution in [3.63, 3.8) is 0 Å². The van der Waals surface area contributed by atoms with Crippen LogP contribution in [0.2, 0.25) is 0 Å². The molecule has 2 aromatic rings. The zero-order valence-corrected chi connectivity index (χ0v) is 13.9. The Bertz CT molecular complexity index is 749. The molecule has 0 radical (unpaired) electrons. The molecule has 1 fully saturated rings. The van der Waals surface area contributed by atoms with Crippen molar-refractivity contribution in [2.24, 2.45) is 0 Å². The molecule has 0 atom stereocenters. The standard InChI is InChI=1S/C16H21N3O3S/c1-2-22-14-5-7-15(8-6-14)23(20,21)18-10-12-19-11-9-17-16(19)13-3-4-13/h5-9,11,13,18H,2-4,10,12H2,1H3. The monoisotopic (exact) mass is 335 g/mol. The van der Waals surface area contributed by atoms with E-state index < -0.39 is 10.0 Å². The van der Waals surface area contributed by atoms with Crippen LogP contribution in [-0.2, 0) is 16.6 Å². The Hall–Kier alpha value is -1.86. The molecule has 0 spiro atoms. The summed E-state index contributed by atoms with van der Waals surface area (Å²) < 4.78 is 34.5. The van der Waals surface area contributed by atoms with E-state index in [0.29, 0.717) is 31.4 Å². The zero-order chi connectivity index (χ0) is 16.3. The largest absolute Gasteiger partial charge is 0.494 e. The fourth-order valence-electron chi connectivity index (χ4n) is 2.48. The summed E-state index contributed by atoms with van der Waals surface area (Å²) in [4.78, 5) is 4.59. The number of sulfonamides is 1. The van der Waals surface area contributed by atoms with Gasteiger partial charge in [0.2, 0.25) is 10.0 Å². The van der Waals surface area contributed by atoms with Gasteiger partial charge in [0.25, 0.3) is 0 Å². The highest BCUT2D eigenvalue weighted by molar-refractivity contribution is 7.89. The van der Waals surface area contributed by atoms with Crippen molar-refractivity contribution >= 4 is 10.0 Å². The predicted octanol–water partition coefficient (Wildman–Crippen LogP) is 2.14. The van der Waals surface area contributed by atoms with Gasteiger partial charge < -0.3 is 9.30 Å². The smallest absolute Gasteiger partial charge is 0.240 e. The number of benzene rings is 1. The Morgan fingerprint density at radius 1 is 1.30 bits per heavy atom. The van der Waals surface area contributed by atoms with Gasteiger partial charge in [-0.05, 0) is 44.0 Å². The first kappa shape index (κ1) is 16.0. The van der Waals surface area contributed by atoms with Crippen LogP contribution in [0.15, 0.2) is 41.6 Å². The molecule has 0 saturated heterocycles. The number of nitrogens with zero attached hydrogens (tertiary/aromatic N) is 2. The molecule has 1 saturated carbocycles. The fraction of sp³-hybridized carbons (Fsp3) is 0.438. The van der Waals surface area contributed by atoms with E-state index in [1.165, 1.54) is 12.8 Å². The van der Waals surface area contributed by atoms with Gasteiger partial charge in [-0.1, -0.05) is 0 Å². The number of aromatic nitrogens is 2. The molecular weight excluding hydrogens is 314 g/mol. The Labute approximate surface area is 136 Å². The highest BCUT2D eigenvalue weighted by atomic mass is 32.2. The molecule has 1 N–H and O–H groups in total. The topological polar surface area (TPSA) is 73.2 Å². The minimum Gasteiger partial charge on any atom is -0.494 e. The summed E-state index contributed by atoms with van der Waals surface area (Å²) in [5.41, 5.74) is 0. The van der Waals surface area contributed by atoms with Crippen LogP contribution in [0.3, 0.4) is 0 Å². The third kappa shape index (κ3) is 3.92. The average Bonchev–Trinajstić information content (AvgIpc) is 3.27. The minimum absolute atomic E-state index is 0.244. The van der Waals surface area contributed by atoms with Gasteiger partial charge in [0.1, 0.15) is 11.6 Å². The van der Waals surface area contributed by atoms with Crippen molar-refractivity contribution in [3.05, 3.63) is 42.5 Å². The molecule has 1 aromatic carbocycles. The second-order valence-electron chi connectivity index (χ2n) is 5.56. The maximum absolute atomic E-state index is 12.3. The van der Waals surface area contributed by atoms with Crippen molar-refractivity contribution in [3.8, 4) is 5.75 Å². The molecule has 7 heteroatoms. The summed E-state index contributed by atoms with van der Waals surface area (Å²) in [6.45, 7) is 3.37. The predicted molar refractivity (Wildman–Crippen MR) is 87.0 cm³/mol. The van der Waals surface area contributed by atoms with E-state index in [4.69, 9.17) is 4.74 Å². The summed E-state index contributed by atoms with van der Waals surface area (Å²) >= 11 is 0. The van der Waals surface area contributed by atoms with Crippen molar-refractivity contribution in [2.45, 2.75) is 37.1 Å². The highest BCUT2D eigenvalue weighted by Gasteiger charge is 2.27.